The highest BCUT2D eigenvalue weighted by atomic mass is 28.3. The van der Waals surface area contributed by atoms with Gasteiger partial charge in [0.05, 0.1) is 31.8 Å². The van der Waals surface area contributed by atoms with Crippen LogP contribution < -0.4 is 0 Å². The predicted molar refractivity (Wildman–Crippen MR) is 133 cm³/mol. The third-order valence-electron chi connectivity index (χ3n) is 8.20. The van der Waals surface area contributed by atoms with E-state index in [2.05, 4.69) is 58.0 Å². The van der Waals surface area contributed by atoms with Crippen LogP contribution in [0.1, 0.15) is 31.9 Å². The van der Waals surface area contributed by atoms with Gasteiger partial charge in [0.1, 0.15) is 5.60 Å². The molecule has 3 atom stereocenters. The molecule has 0 aliphatic heterocycles. The van der Waals surface area contributed by atoms with E-state index in [1.54, 1.807) is 19.2 Å². The molecule has 33 heavy (non-hydrogen) atoms. The van der Waals surface area contributed by atoms with E-state index in [0.29, 0.717) is 5.56 Å². The van der Waals surface area contributed by atoms with E-state index in [4.69, 9.17) is 4.74 Å². The largest absolute Gasteiger partial charge is 0.416 e. The zero-order chi connectivity index (χ0) is 25.4. The number of carbonyl (C=O) groups is 1. The molecule has 0 radical (unpaired) electrons. The summed E-state index contributed by atoms with van der Waals surface area (Å²) in [5.41, 5.74) is 0.917. The van der Waals surface area contributed by atoms with Gasteiger partial charge in [-0.1, -0.05) is 51.4 Å². The zero-order valence-electron chi connectivity index (χ0n) is 21.6. The molecule has 8 heteroatoms. The van der Waals surface area contributed by atoms with Crippen molar-refractivity contribution < 1.29 is 22.7 Å². The van der Waals surface area contributed by atoms with E-state index in [0.717, 1.165) is 36.5 Å². The maximum atomic E-state index is 14.4. The number of carbonyl (C=O) groups excluding carboxylic acids is 1. The summed E-state index contributed by atoms with van der Waals surface area (Å²) in [6, 6.07) is 5.38. The van der Waals surface area contributed by atoms with E-state index >= 15 is 0 Å². The first kappa shape index (κ1) is 26.2. The van der Waals surface area contributed by atoms with Crippen LogP contribution in [0.15, 0.2) is 35.5 Å². The van der Waals surface area contributed by atoms with Crippen LogP contribution >= 0.6 is 0 Å². The first-order valence-electron chi connectivity index (χ1n) is 11.7. The van der Waals surface area contributed by atoms with Gasteiger partial charge < -0.3 is 9.64 Å². The van der Waals surface area contributed by atoms with Crippen molar-refractivity contribution in [1.82, 2.24) is 4.90 Å². The number of rotatable bonds is 7. The number of ether oxygens (including phenoxy) is 1. The number of hydrogen-bond donors (Lipinski definition) is 0. The van der Waals surface area contributed by atoms with E-state index in [9.17, 15) is 18.0 Å². The van der Waals surface area contributed by atoms with Gasteiger partial charge in [0.25, 0.3) is 0 Å². The second-order valence-electron chi connectivity index (χ2n) is 11.4. The lowest BCUT2D eigenvalue weighted by Crippen LogP contribution is -2.44. The van der Waals surface area contributed by atoms with E-state index in [-0.39, 0.29) is 5.78 Å². The quantitative estimate of drug-likeness (QED) is 0.383. The lowest BCUT2D eigenvalue weighted by Gasteiger charge is -2.41. The number of nitrogens with zero attached hydrogens (tertiary/aromatic N) is 1. The molecule has 0 aromatic heterocycles. The highest BCUT2D eigenvalue weighted by molar-refractivity contribution is 6.93. The average molecular weight is 498 g/mol. The third kappa shape index (κ3) is 2.80. The number of fused-ring (bicyclic) bond motifs is 1. The smallest absolute Gasteiger partial charge is 0.375 e. The fraction of sp³-hybridized carbons (Fsp3) is 0.640. The van der Waals surface area contributed by atoms with Gasteiger partial charge in [0.2, 0.25) is 0 Å². The van der Waals surface area contributed by atoms with Gasteiger partial charge >= 0.3 is 6.18 Å². The van der Waals surface area contributed by atoms with Crippen molar-refractivity contribution in [3.05, 3.63) is 46.7 Å². The summed E-state index contributed by atoms with van der Waals surface area (Å²) in [4.78, 5) is 16.7. The van der Waals surface area contributed by atoms with Gasteiger partial charge in [-0.3, -0.25) is 4.79 Å². The number of benzene rings is 1. The van der Waals surface area contributed by atoms with Crippen molar-refractivity contribution in [2.45, 2.75) is 81.9 Å². The number of hydrogen-bond acceptors (Lipinski definition) is 3. The molecule has 1 aromatic rings. The monoisotopic (exact) mass is 497 g/mol. The van der Waals surface area contributed by atoms with Crippen molar-refractivity contribution >= 4 is 21.9 Å². The molecule has 184 valence electrons. The van der Waals surface area contributed by atoms with Gasteiger partial charge in [0, 0.05) is 31.5 Å². The maximum absolute atomic E-state index is 14.4. The molecule has 0 heterocycles. The average Bonchev–Trinajstić information content (AvgIpc) is 3.23. The normalized spacial score (nSPS) is 30.0. The Morgan fingerprint density at radius 1 is 0.909 bits per heavy atom. The van der Waals surface area contributed by atoms with Gasteiger partial charge in [-0.2, -0.15) is 13.2 Å². The van der Waals surface area contributed by atoms with Gasteiger partial charge in [-0.15, -0.1) is 0 Å². The van der Waals surface area contributed by atoms with E-state index in [1.165, 1.54) is 0 Å². The fourth-order valence-electron chi connectivity index (χ4n) is 7.52. The lowest BCUT2D eigenvalue weighted by atomic mass is 9.95. The van der Waals surface area contributed by atoms with Crippen LogP contribution in [-0.4, -0.2) is 47.0 Å². The lowest BCUT2D eigenvalue weighted by molar-refractivity contribution is -0.137. The Bertz CT molecular complexity index is 987. The first-order chi connectivity index (χ1) is 15.0. The summed E-state index contributed by atoms with van der Waals surface area (Å²) in [5.74, 6) is 0.132. The van der Waals surface area contributed by atoms with Crippen LogP contribution in [-0.2, 0) is 21.3 Å². The number of halogens is 3. The summed E-state index contributed by atoms with van der Waals surface area (Å²) >= 11 is 0. The Kier molecular flexibility index (Phi) is 6.00. The molecule has 2 aliphatic rings. The van der Waals surface area contributed by atoms with Crippen LogP contribution in [0, 0.1) is 0 Å². The molecule has 1 fully saturated rings. The van der Waals surface area contributed by atoms with E-state index in [1.807, 2.05) is 6.92 Å². The van der Waals surface area contributed by atoms with Crippen LogP contribution in [0.3, 0.4) is 0 Å². The summed E-state index contributed by atoms with van der Waals surface area (Å²) in [6.07, 6.45) is -4.41. The highest BCUT2D eigenvalue weighted by Gasteiger charge is 3.00. The Morgan fingerprint density at radius 3 is 1.70 bits per heavy atom. The van der Waals surface area contributed by atoms with Crippen molar-refractivity contribution in [2.75, 3.05) is 20.2 Å². The molecule has 1 saturated carbocycles. The molecule has 0 amide bonds. The van der Waals surface area contributed by atoms with Crippen molar-refractivity contribution in [1.29, 1.82) is 0 Å². The summed E-state index contributed by atoms with van der Waals surface area (Å²) in [5, 5.41) is -1.30. The molecule has 0 N–H and O–H groups in total. The van der Waals surface area contributed by atoms with Crippen molar-refractivity contribution in [2.24, 2.45) is 0 Å². The van der Waals surface area contributed by atoms with Crippen LogP contribution in [0.25, 0.3) is 0 Å². The number of ketones is 1. The Balaban J connectivity index is 2.48. The number of Topliss-reactive ketones (excluding diaryl/α,β-unsaturated/α-hetero) is 1. The summed E-state index contributed by atoms with van der Waals surface area (Å²) in [7, 11) is -2.87. The maximum Gasteiger partial charge on any atom is 0.416 e. The number of alkyl halides is 3. The topological polar surface area (TPSA) is 29.5 Å². The SMILES string of the molecule is CCN(CC)C1=C(C)C(=O)[C@]2([Si](C)(C)C)[C@@](OC)(c3ccc(C(F)(F)F)cc3)[C@]12[Si](C)(C)C. The third-order valence-corrected chi connectivity index (χ3v) is 14.9. The fourth-order valence-corrected chi connectivity index (χ4v) is 17.5. The van der Waals surface area contributed by atoms with Crippen molar-refractivity contribution in [3.63, 3.8) is 0 Å². The molecule has 1 aromatic carbocycles. The minimum Gasteiger partial charge on any atom is -0.375 e. The molecular weight excluding hydrogens is 459 g/mol. The van der Waals surface area contributed by atoms with Gasteiger partial charge in [0.15, 0.2) is 5.78 Å². The molecule has 3 rings (SSSR count). The molecule has 0 spiro atoms. The molecule has 0 saturated heterocycles. The molecule has 0 bridgehead atoms. The summed E-state index contributed by atoms with van der Waals surface area (Å²) in [6.45, 7) is 21.1. The first-order valence-corrected chi connectivity index (χ1v) is 18.7. The highest BCUT2D eigenvalue weighted by Crippen LogP contribution is 3.00. The Labute approximate surface area is 198 Å². The Morgan fingerprint density at radius 2 is 1.36 bits per heavy atom. The zero-order valence-corrected chi connectivity index (χ0v) is 23.6. The minimum atomic E-state index is -4.41. The second-order valence-corrected chi connectivity index (χ2v) is 21.9. The molecule has 2 aliphatic carbocycles. The van der Waals surface area contributed by atoms with Crippen LogP contribution in [0.2, 0.25) is 49.4 Å². The minimum absolute atomic E-state index is 0.132. The van der Waals surface area contributed by atoms with Crippen LogP contribution in [0.5, 0.6) is 0 Å². The standard InChI is InChI=1S/C25H38F3NO2Si2/c1-11-29(12-2)20-17(3)21(30)24(33(8,9)10)22(31-4,23(20,24)32(5,6)7)18-13-15-19(16-14-18)25(26,27)28/h13-16H,11-12H2,1-10H3/t22-,23-,24+/m1/s1. The molecule has 0 unspecified atom stereocenters. The predicted octanol–water partition coefficient (Wildman–Crippen LogP) is 6.92. The van der Waals surface area contributed by atoms with E-state index < -0.39 is 43.6 Å². The van der Waals surface area contributed by atoms with Gasteiger partial charge in [-0.05, 0) is 38.5 Å². The van der Waals surface area contributed by atoms with Crippen molar-refractivity contribution in [3.8, 4) is 0 Å². The second kappa shape index (κ2) is 7.55. The van der Waals surface area contributed by atoms with Gasteiger partial charge in [-0.25, -0.2) is 0 Å². The number of allylic oxidation sites excluding steroid dienone is 1. The summed E-state index contributed by atoms with van der Waals surface area (Å²) < 4.78 is 46.6. The Hall–Kier alpha value is -1.39. The number of methoxy groups -OCH3 is 1. The van der Waals surface area contributed by atoms with Crippen LogP contribution in [0.4, 0.5) is 13.2 Å². The molecular formula is C25H38F3NO2Si2. The molecule has 3 nitrogen and oxygen atoms in total.